The van der Waals surface area contributed by atoms with E-state index in [1.807, 2.05) is 0 Å². The topological polar surface area (TPSA) is 95.9 Å². The Morgan fingerprint density at radius 2 is 1.92 bits per heavy atom. The van der Waals surface area contributed by atoms with Gasteiger partial charge in [0.05, 0.1) is 23.8 Å². The summed E-state index contributed by atoms with van der Waals surface area (Å²) in [5.74, 6) is 0.283. The van der Waals surface area contributed by atoms with Crippen molar-refractivity contribution in [2.24, 2.45) is 0 Å². The predicted molar refractivity (Wildman–Crippen MR) is 97.8 cm³/mol. The second-order valence-electron chi connectivity index (χ2n) is 6.01. The Morgan fingerprint density at radius 1 is 1.23 bits per heavy atom. The van der Waals surface area contributed by atoms with Gasteiger partial charge >= 0.3 is 0 Å². The van der Waals surface area contributed by atoms with E-state index < -0.39 is 16.1 Å². The van der Waals surface area contributed by atoms with Crippen LogP contribution in [0.1, 0.15) is 25.0 Å². The Hall–Kier alpha value is -2.58. The van der Waals surface area contributed by atoms with E-state index in [4.69, 9.17) is 4.74 Å². The van der Waals surface area contributed by atoms with Crippen molar-refractivity contribution in [3.8, 4) is 5.75 Å². The molecule has 2 aromatic carbocycles. The summed E-state index contributed by atoms with van der Waals surface area (Å²) >= 11 is 0. The lowest BCUT2D eigenvalue weighted by atomic mass is 10.0. The minimum Gasteiger partial charge on any atom is -0.497 e. The van der Waals surface area contributed by atoms with Crippen molar-refractivity contribution in [2.45, 2.75) is 24.3 Å². The van der Waals surface area contributed by atoms with Gasteiger partial charge < -0.3 is 15.2 Å². The van der Waals surface area contributed by atoms with E-state index >= 15 is 0 Å². The molecule has 1 unspecified atom stereocenters. The molecule has 0 spiro atoms. The van der Waals surface area contributed by atoms with Crippen LogP contribution in [0.4, 0.5) is 11.4 Å². The summed E-state index contributed by atoms with van der Waals surface area (Å²) in [7, 11) is -2.31. The summed E-state index contributed by atoms with van der Waals surface area (Å²) in [5, 5.41) is 12.8. The van der Waals surface area contributed by atoms with E-state index in [1.54, 1.807) is 30.3 Å². The molecule has 0 fully saturated rings. The predicted octanol–water partition coefficient (Wildman–Crippen LogP) is 2.29. The van der Waals surface area contributed by atoms with Crippen LogP contribution in [-0.2, 0) is 14.8 Å². The summed E-state index contributed by atoms with van der Waals surface area (Å²) in [6.45, 7) is 1.55. The smallest absolute Gasteiger partial charge is 0.264 e. The lowest BCUT2D eigenvalue weighted by Crippen LogP contribution is -2.36. The number of fused-ring (bicyclic) bond motifs is 1. The maximum absolute atomic E-state index is 13.1. The maximum Gasteiger partial charge on any atom is 0.264 e. The van der Waals surface area contributed by atoms with Crippen molar-refractivity contribution in [3.05, 3.63) is 48.0 Å². The summed E-state index contributed by atoms with van der Waals surface area (Å²) in [6.07, 6.45) is -0.410. The van der Waals surface area contributed by atoms with Crippen LogP contribution in [-0.4, -0.2) is 33.1 Å². The number of amides is 1. The van der Waals surface area contributed by atoms with Crippen LogP contribution in [0.5, 0.6) is 5.75 Å². The molecule has 2 aromatic rings. The lowest BCUT2D eigenvalue weighted by Gasteiger charge is -2.33. The van der Waals surface area contributed by atoms with Crippen molar-refractivity contribution >= 4 is 27.3 Å². The highest BCUT2D eigenvalue weighted by atomic mass is 32.2. The summed E-state index contributed by atoms with van der Waals surface area (Å²) in [5.41, 5.74) is 1.48. The first kappa shape index (κ1) is 18.2. The number of nitrogens with zero attached hydrogens (tertiary/aromatic N) is 1. The SMILES string of the molecule is COc1ccc2c(c1)N(S(=O)(=O)c1ccc(NC(C)=O)cc1)CCC2O. The molecule has 1 atom stereocenters. The van der Waals surface area contributed by atoms with E-state index in [-0.39, 0.29) is 17.3 Å². The van der Waals surface area contributed by atoms with Gasteiger partial charge in [-0.25, -0.2) is 8.42 Å². The molecule has 1 aliphatic heterocycles. The van der Waals surface area contributed by atoms with E-state index in [2.05, 4.69) is 5.32 Å². The first-order valence-electron chi connectivity index (χ1n) is 8.09. The molecule has 0 radical (unpaired) electrons. The Balaban J connectivity index is 2.00. The largest absolute Gasteiger partial charge is 0.497 e. The zero-order valence-corrected chi connectivity index (χ0v) is 15.3. The fourth-order valence-corrected chi connectivity index (χ4v) is 4.45. The third-order valence-corrected chi connectivity index (χ3v) is 6.06. The number of methoxy groups -OCH3 is 1. The van der Waals surface area contributed by atoms with Gasteiger partial charge in [0, 0.05) is 30.8 Å². The molecular weight excluding hydrogens is 356 g/mol. The number of benzene rings is 2. The molecule has 1 aliphatic rings. The molecule has 8 heteroatoms. The second kappa shape index (κ2) is 6.97. The van der Waals surface area contributed by atoms with Gasteiger partial charge in [-0.1, -0.05) is 6.07 Å². The third kappa shape index (κ3) is 3.38. The molecule has 0 saturated carbocycles. The molecule has 7 nitrogen and oxygen atoms in total. The zero-order chi connectivity index (χ0) is 18.9. The molecule has 0 saturated heterocycles. The molecule has 138 valence electrons. The highest BCUT2D eigenvalue weighted by molar-refractivity contribution is 7.92. The number of aliphatic hydroxyl groups excluding tert-OH is 1. The first-order valence-corrected chi connectivity index (χ1v) is 9.53. The third-order valence-electron chi connectivity index (χ3n) is 4.23. The summed E-state index contributed by atoms with van der Waals surface area (Å²) in [6, 6.07) is 11.0. The van der Waals surface area contributed by atoms with E-state index in [0.29, 0.717) is 29.1 Å². The zero-order valence-electron chi connectivity index (χ0n) is 14.5. The Labute approximate surface area is 152 Å². The van der Waals surface area contributed by atoms with Crippen LogP contribution in [0.3, 0.4) is 0 Å². The molecule has 3 rings (SSSR count). The molecule has 1 heterocycles. The number of carbonyl (C=O) groups is 1. The highest BCUT2D eigenvalue weighted by Crippen LogP contribution is 2.39. The molecule has 0 bridgehead atoms. The van der Waals surface area contributed by atoms with Crippen LogP contribution in [0.2, 0.25) is 0 Å². The Kier molecular flexibility index (Phi) is 4.88. The fraction of sp³-hybridized carbons (Fsp3) is 0.278. The van der Waals surface area contributed by atoms with Crippen molar-refractivity contribution in [1.82, 2.24) is 0 Å². The number of carbonyl (C=O) groups excluding carboxylic acids is 1. The van der Waals surface area contributed by atoms with Crippen molar-refractivity contribution < 1.29 is 23.1 Å². The van der Waals surface area contributed by atoms with E-state index in [9.17, 15) is 18.3 Å². The van der Waals surface area contributed by atoms with Gasteiger partial charge in [0.25, 0.3) is 10.0 Å². The van der Waals surface area contributed by atoms with Gasteiger partial charge in [-0.15, -0.1) is 0 Å². The average molecular weight is 376 g/mol. The van der Waals surface area contributed by atoms with Crippen LogP contribution >= 0.6 is 0 Å². The van der Waals surface area contributed by atoms with Crippen LogP contribution in [0, 0.1) is 0 Å². The van der Waals surface area contributed by atoms with Gasteiger partial charge in [0.1, 0.15) is 5.75 Å². The number of ether oxygens (including phenoxy) is 1. The van der Waals surface area contributed by atoms with Gasteiger partial charge in [-0.05, 0) is 36.8 Å². The van der Waals surface area contributed by atoms with Gasteiger partial charge in [0.2, 0.25) is 5.91 Å². The Bertz CT molecular complexity index is 925. The molecule has 1 amide bonds. The normalized spacial score (nSPS) is 16.7. The number of hydrogen-bond donors (Lipinski definition) is 2. The lowest BCUT2D eigenvalue weighted by molar-refractivity contribution is -0.114. The highest BCUT2D eigenvalue weighted by Gasteiger charge is 2.32. The number of rotatable bonds is 4. The second-order valence-corrected chi connectivity index (χ2v) is 7.87. The first-order chi connectivity index (χ1) is 12.3. The minimum atomic E-state index is -3.82. The number of hydrogen-bond acceptors (Lipinski definition) is 5. The maximum atomic E-state index is 13.1. The number of aliphatic hydroxyl groups is 1. The molecule has 2 N–H and O–H groups in total. The molecule has 0 aliphatic carbocycles. The van der Waals surface area contributed by atoms with Crippen LogP contribution < -0.4 is 14.4 Å². The minimum absolute atomic E-state index is 0.108. The van der Waals surface area contributed by atoms with Crippen molar-refractivity contribution in [2.75, 3.05) is 23.3 Å². The molecule has 0 aromatic heterocycles. The average Bonchev–Trinajstić information content (AvgIpc) is 2.61. The van der Waals surface area contributed by atoms with Gasteiger partial charge in [-0.3, -0.25) is 9.10 Å². The number of sulfonamides is 1. The van der Waals surface area contributed by atoms with Crippen LogP contribution in [0.15, 0.2) is 47.4 Å². The monoisotopic (exact) mass is 376 g/mol. The van der Waals surface area contributed by atoms with E-state index in [0.717, 1.165) is 0 Å². The standard InChI is InChI=1S/C18H20N2O5S/c1-12(21)19-13-3-6-15(7-4-13)26(23,24)20-10-9-18(22)16-8-5-14(25-2)11-17(16)20/h3-8,11,18,22H,9-10H2,1-2H3,(H,19,21). The summed E-state index contributed by atoms with van der Waals surface area (Å²) in [4.78, 5) is 11.2. The van der Waals surface area contributed by atoms with Gasteiger partial charge in [-0.2, -0.15) is 0 Å². The summed E-state index contributed by atoms with van der Waals surface area (Å²) < 4.78 is 32.7. The number of anilines is 2. The molecule has 26 heavy (non-hydrogen) atoms. The number of nitrogens with one attached hydrogen (secondary N) is 1. The Morgan fingerprint density at radius 3 is 2.54 bits per heavy atom. The van der Waals surface area contributed by atoms with Crippen LogP contribution in [0.25, 0.3) is 0 Å². The fourth-order valence-electron chi connectivity index (χ4n) is 2.95. The van der Waals surface area contributed by atoms with Crippen molar-refractivity contribution in [3.63, 3.8) is 0 Å². The quantitative estimate of drug-likeness (QED) is 0.853. The van der Waals surface area contributed by atoms with Gasteiger partial charge in [0.15, 0.2) is 0 Å². The molecular formula is C18H20N2O5S. The van der Waals surface area contributed by atoms with E-state index in [1.165, 1.54) is 30.5 Å². The van der Waals surface area contributed by atoms with Crippen molar-refractivity contribution in [1.29, 1.82) is 0 Å².